The second-order valence-corrected chi connectivity index (χ2v) is 11.5. The van der Waals surface area contributed by atoms with E-state index in [0.29, 0.717) is 29.5 Å². The number of benzene rings is 2. The average Bonchev–Trinajstić information content (AvgIpc) is 3.80. The number of carbonyl (C=O) groups is 1. The van der Waals surface area contributed by atoms with Gasteiger partial charge in [0.05, 0.1) is 30.5 Å². The Morgan fingerprint density at radius 3 is 2.33 bits per heavy atom. The van der Waals surface area contributed by atoms with Crippen LogP contribution >= 0.6 is 0 Å². The summed E-state index contributed by atoms with van der Waals surface area (Å²) in [5.74, 6) is -1.37. The summed E-state index contributed by atoms with van der Waals surface area (Å²) < 4.78 is 60.6. The first-order valence-electron chi connectivity index (χ1n) is 13.7. The van der Waals surface area contributed by atoms with Crippen LogP contribution in [0.25, 0.3) is 22.2 Å². The van der Waals surface area contributed by atoms with Crippen molar-refractivity contribution in [2.75, 3.05) is 13.7 Å². The summed E-state index contributed by atoms with van der Waals surface area (Å²) in [4.78, 5) is 22.1. The molecule has 3 N–H and O–H groups in total. The van der Waals surface area contributed by atoms with Crippen molar-refractivity contribution >= 4 is 16.8 Å². The van der Waals surface area contributed by atoms with Crippen molar-refractivity contribution in [1.82, 2.24) is 15.3 Å². The third kappa shape index (κ3) is 6.05. The highest BCUT2D eigenvalue weighted by molar-refractivity contribution is 6.00. The van der Waals surface area contributed by atoms with E-state index in [2.05, 4.69) is 15.3 Å². The predicted octanol–water partition coefficient (Wildman–Crippen LogP) is 6.03. The molecular formula is C32H31F4N3O4. The topological polar surface area (TPSA) is 105 Å². The van der Waals surface area contributed by atoms with E-state index in [9.17, 15) is 28.2 Å². The van der Waals surface area contributed by atoms with Crippen LogP contribution in [-0.4, -0.2) is 39.7 Å². The number of aliphatic hydroxyl groups is 2. The number of fused-ring (bicyclic) bond motifs is 1. The van der Waals surface area contributed by atoms with E-state index < -0.39 is 34.7 Å². The number of hydrogen-bond acceptors (Lipinski definition) is 6. The van der Waals surface area contributed by atoms with Gasteiger partial charge in [0.2, 0.25) is 0 Å². The monoisotopic (exact) mass is 597 g/mol. The number of aromatic nitrogens is 2. The predicted molar refractivity (Wildman–Crippen MR) is 152 cm³/mol. The molecule has 2 heterocycles. The van der Waals surface area contributed by atoms with Gasteiger partial charge in [-0.15, -0.1) is 0 Å². The summed E-state index contributed by atoms with van der Waals surface area (Å²) in [6, 6.07) is 10.1. The Balaban J connectivity index is 1.52. The highest BCUT2D eigenvalue weighted by atomic mass is 19.4. The molecule has 5 rings (SSSR count). The van der Waals surface area contributed by atoms with Gasteiger partial charge >= 0.3 is 6.18 Å². The number of halogens is 4. The van der Waals surface area contributed by atoms with Crippen molar-refractivity contribution in [3.63, 3.8) is 0 Å². The molecule has 1 unspecified atom stereocenters. The molecule has 1 aliphatic carbocycles. The van der Waals surface area contributed by atoms with Crippen molar-refractivity contribution < 1.29 is 37.3 Å². The SMILES string of the molecule is COc1cc(C(=O)NCC(O)(c2cc(C(C)(C)O)c(F)c(-c3ccc(C(F)(F)F)cc3)n2)C2CC2)cc2cc(C)cnc12. The molecule has 43 heavy (non-hydrogen) atoms. The van der Waals surface area contributed by atoms with E-state index in [1.54, 1.807) is 18.3 Å². The molecular weight excluding hydrogens is 566 g/mol. The molecule has 2 aromatic carbocycles. The number of alkyl halides is 3. The lowest BCUT2D eigenvalue weighted by atomic mass is 9.87. The Hall–Kier alpha value is -4.09. The van der Waals surface area contributed by atoms with E-state index in [0.717, 1.165) is 29.8 Å². The highest BCUT2D eigenvalue weighted by Gasteiger charge is 2.47. The molecule has 2 aromatic heterocycles. The van der Waals surface area contributed by atoms with E-state index in [-0.39, 0.29) is 40.5 Å². The van der Waals surface area contributed by atoms with E-state index in [1.165, 1.54) is 27.0 Å². The van der Waals surface area contributed by atoms with Gasteiger partial charge in [0.25, 0.3) is 5.91 Å². The van der Waals surface area contributed by atoms with Gasteiger partial charge in [0, 0.05) is 28.3 Å². The lowest BCUT2D eigenvalue weighted by Gasteiger charge is -2.31. The number of amides is 1. The van der Waals surface area contributed by atoms with Crippen molar-refractivity contribution in [3.8, 4) is 17.0 Å². The number of nitrogens with one attached hydrogen (secondary N) is 1. The van der Waals surface area contributed by atoms with Crippen LogP contribution in [0.15, 0.2) is 54.7 Å². The molecule has 1 atom stereocenters. The van der Waals surface area contributed by atoms with Gasteiger partial charge in [-0.2, -0.15) is 13.2 Å². The zero-order chi connectivity index (χ0) is 31.3. The van der Waals surface area contributed by atoms with Crippen LogP contribution in [0.1, 0.15) is 59.4 Å². The van der Waals surface area contributed by atoms with Gasteiger partial charge in [-0.1, -0.05) is 12.1 Å². The molecule has 0 saturated heterocycles. The maximum absolute atomic E-state index is 15.7. The zero-order valence-electron chi connectivity index (χ0n) is 24.0. The van der Waals surface area contributed by atoms with Gasteiger partial charge in [0.15, 0.2) is 5.82 Å². The van der Waals surface area contributed by atoms with Crippen LogP contribution in [0.3, 0.4) is 0 Å². The lowest BCUT2D eigenvalue weighted by molar-refractivity contribution is -0.137. The molecule has 1 aliphatic rings. The van der Waals surface area contributed by atoms with Gasteiger partial charge in [0.1, 0.15) is 22.6 Å². The first-order valence-corrected chi connectivity index (χ1v) is 13.7. The quantitative estimate of drug-likeness (QED) is 0.215. The Kier molecular flexibility index (Phi) is 7.68. The molecule has 4 aromatic rings. The van der Waals surface area contributed by atoms with Crippen LogP contribution in [0.5, 0.6) is 5.75 Å². The molecule has 1 saturated carbocycles. The van der Waals surface area contributed by atoms with Crippen LogP contribution in [0.4, 0.5) is 17.6 Å². The fraction of sp³-hybridized carbons (Fsp3) is 0.344. The van der Waals surface area contributed by atoms with Crippen LogP contribution in [0.2, 0.25) is 0 Å². The molecule has 0 aliphatic heterocycles. The van der Waals surface area contributed by atoms with Gasteiger partial charge < -0.3 is 20.3 Å². The summed E-state index contributed by atoms with van der Waals surface area (Å²) >= 11 is 0. The van der Waals surface area contributed by atoms with Gasteiger partial charge in [-0.3, -0.25) is 9.78 Å². The zero-order valence-corrected chi connectivity index (χ0v) is 24.0. The van der Waals surface area contributed by atoms with Crippen molar-refractivity contribution in [2.45, 2.75) is 51.0 Å². The average molecular weight is 598 g/mol. The minimum absolute atomic E-state index is 0.0142. The molecule has 1 fully saturated rings. The van der Waals surface area contributed by atoms with E-state index >= 15 is 4.39 Å². The normalized spacial score (nSPS) is 15.3. The number of nitrogens with zero attached hydrogens (tertiary/aromatic N) is 2. The lowest BCUT2D eigenvalue weighted by Crippen LogP contribution is -2.43. The minimum Gasteiger partial charge on any atom is -0.494 e. The summed E-state index contributed by atoms with van der Waals surface area (Å²) in [6.45, 7) is 4.29. The van der Waals surface area contributed by atoms with Crippen molar-refractivity contribution in [2.24, 2.45) is 5.92 Å². The van der Waals surface area contributed by atoms with Crippen LogP contribution in [-0.2, 0) is 17.4 Å². The maximum Gasteiger partial charge on any atom is 0.416 e. The van der Waals surface area contributed by atoms with E-state index in [4.69, 9.17) is 4.74 Å². The number of methoxy groups -OCH3 is 1. The third-order valence-electron chi connectivity index (χ3n) is 7.68. The maximum atomic E-state index is 15.7. The summed E-state index contributed by atoms with van der Waals surface area (Å²) in [7, 11) is 1.47. The first kappa shape index (κ1) is 30.4. The number of ether oxygens (including phenoxy) is 1. The molecule has 7 nitrogen and oxygen atoms in total. The molecule has 226 valence electrons. The Morgan fingerprint density at radius 2 is 1.74 bits per heavy atom. The minimum atomic E-state index is -4.58. The standard InChI is InChI=1S/C32H31F4N3O4/c1-17-11-19-12-20(13-24(43-4)27(19)37-15-17)29(40)38-16-31(42,21-9-10-21)25-14-23(30(2,3)41)26(33)28(39-25)18-5-7-22(8-6-18)32(34,35)36/h5-8,11-15,21,41-42H,9-10,16H2,1-4H3,(H,38,40). The van der Waals surface area contributed by atoms with Gasteiger partial charge in [-0.25, -0.2) is 9.37 Å². The fourth-order valence-electron chi connectivity index (χ4n) is 5.14. The first-order chi connectivity index (χ1) is 20.1. The summed E-state index contributed by atoms with van der Waals surface area (Å²) in [5, 5.41) is 26.2. The van der Waals surface area contributed by atoms with E-state index in [1.807, 2.05) is 13.0 Å². The second kappa shape index (κ2) is 10.9. The molecule has 1 amide bonds. The molecule has 0 radical (unpaired) electrons. The number of hydrogen-bond donors (Lipinski definition) is 3. The Morgan fingerprint density at radius 1 is 1.07 bits per heavy atom. The Labute approximate surface area is 245 Å². The third-order valence-corrected chi connectivity index (χ3v) is 7.68. The molecule has 11 heteroatoms. The number of carbonyl (C=O) groups excluding carboxylic acids is 1. The Bertz CT molecular complexity index is 1700. The smallest absolute Gasteiger partial charge is 0.416 e. The summed E-state index contributed by atoms with van der Waals surface area (Å²) in [5.41, 5.74) is -3.14. The highest BCUT2D eigenvalue weighted by Crippen LogP contribution is 2.46. The number of pyridine rings is 2. The molecule has 0 spiro atoms. The summed E-state index contributed by atoms with van der Waals surface area (Å²) in [6.07, 6.45) is -1.68. The van der Waals surface area contributed by atoms with Gasteiger partial charge in [-0.05, 0) is 81.5 Å². The van der Waals surface area contributed by atoms with Crippen molar-refractivity contribution in [1.29, 1.82) is 0 Å². The largest absolute Gasteiger partial charge is 0.494 e. The van der Waals surface area contributed by atoms with Crippen LogP contribution in [0, 0.1) is 18.7 Å². The van der Waals surface area contributed by atoms with Crippen molar-refractivity contribution in [3.05, 3.63) is 88.5 Å². The molecule has 0 bridgehead atoms. The second-order valence-electron chi connectivity index (χ2n) is 11.5. The number of rotatable bonds is 8. The van der Waals surface area contributed by atoms with Crippen LogP contribution < -0.4 is 10.1 Å². The fourth-order valence-corrected chi connectivity index (χ4v) is 5.14. The number of aryl methyl sites for hydroxylation is 1.